The molecule has 180 valence electrons. The topological polar surface area (TPSA) is 80.1 Å². The van der Waals surface area contributed by atoms with E-state index in [-0.39, 0.29) is 17.8 Å². The van der Waals surface area contributed by atoms with Gasteiger partial charge in [0.15, 0.2) is 0 Å². The summed E-state index contributed by atoms with van der Waals surface area (Å²) in [6, 6.07) is 16.7. The molecule has 0 aliphatic heterocycles. The van der Waals surface area contributed by atoms with E-state index >= 15 is 4.39 Å². The molecule has 1 heterocycles. The third-order valence-corrected chi connectivity index (χ3v) is 5.28. The third kappa shape index (κ3) is 5.34. The Morgan fingerprint density at radius 3 is 2.31 bits per heavy atom. The van der Waals surface area contributed by atoms with Crippen LogP contribution in [0.15, 0.2) is 72.8 Å². The number of halogens is 2. The summed E-state index contributed by atoms with van der Waals surface area (Å²) in [6.45, 7) is 5.09. The van der Waals surface area contributed by atoms with Crippen molar-refractivity contribution in [1.29, 1.82) is 0 Å². The van der Waals surface area contributed by atoms with E-state index in [0.717, 1.165) is 0 Å². The molecule has 0 saturated carbocycles. The number of aromatic nitrogens is 3. The fourth-order valence-electron chi connectivity index (χ4n) is 3.81. The Balaban J connectivity index is 1.83. The van der Waals surface area contributed by atoms with Gasteiger partial charge >= 0.3 is 0 Å². The van der Waals surface area contributed by atoms with Gasteiger partial charge in [-0.05, 0) is 63.2 Å². The van der Waals surface area contributed by atoms with E-state index in [4.69, 9.17) is 0 Å². The van der Waals surface area contributed by atoms with Crippen molar-refractivity contribution in [2.45, 2.75) is 38.9 Å². The standard InChI is InChI=1S/C26H25F2N5O2/c1-26(2,3)29-25(35)24(19-8-4-5-9-20(19)28)33(18-14-12-17(27)13-15-18)23(34)16-32-22-11-7-6-10-21(22)30-31-32/h4-15,24H,16H2,1-3H3,(H,29,35). The minimum Gasteiger partial charge on any atom is -0.349 e. The molecule has 0 bridgehead atoms. The van der Waals surface area contributed by atoms with Gasteiger partial charge in [-0.25, -0.2) is 13.5 Å². The van der Waals surface area contributed by atoms with Crippen molar-refractivity contribution in [1.82, 2.24) is 20.3 Å². The molecule has 3 aromatic carbocycles. The van der Waals surface area contributed by atoms with Crippen molar-refractivity contribution in [3.05, 3.63) is 90.0 Å². The number of carbonyl (C=O) groups is 2. The van der Waals surface area contributed by atoms with Crippen LogP contribution >= 0.6 is 0 Å². The zero-order valence-electron chi connectivity index (χ0n) is 19.6. The Labute approximate surface area is 201 Å². The third-order valence-electron chi connectivity index (χ3n) is 5.28. The normalized spacial score (nSPS) is 12.4. The van der Waals surface area contributed by atoms with Gasteiger partial charge in [-0.1, -0.05) is 35.5 Å². The van der Waals surface area contributed by atoms with Gasteiger partial charge < -0.3 is 5.32 Å². The molecular formula is C26H25F2N5O2. The first-order chi connectivity index (χ1) is 16.6. The van der Waals surface area contributed by atoms with Gasteiger partial charge in [0, 0.05) is 16.8 Å². The van der Waals surface area contributed by atoms with Crippen molar-refractivity contribution >= 4 is 28.5 Å². The van der Waals surface area contributed by atoms with Crippen LogP contribution in [0.1, 0.15) is 32.4 Å². The average Bonchev–Trinajstić information content (AvgIpc) is 3.20. The fourth-order valence-corrected chi connectivity index (χ4v) is 3.81. The minimum atomic E-state index is -1.36. The number of hydrogen-bond acceptors (Lipinski definition) is 4. The molecule has 7 nitrogen and oxygen atoms in total. The first-order valence-electron chi connectivity index (χ1n) is 11.1. The summed E-state index contributed by atoms with van der Waals surface area (Å²) in [5.74, 6) is -2.29. The Kier molecular flexibility index (Phi) is 6.59. The zero-order valence-corrected chi connectivity index (χ0v) is 19.6. The largest absolute Gasteiger partial charge is 0.349 e. The minimum absolute atomic E-state index is 0.00960. The van der Waals surface area contributed by atoms with Gasteiger partial charge in [0.05, 0.1) is 5.52 Å². The highest BCUT2D eigenvalue weighted by Crippen LogP contribution is 2.31. The number of hydrogen-bond donors (Lipinski definition) is 1. The molecule has 9 heteroatoms. The Morgan fingerprint density at radius 1 is 0.971 bits per heavy atom. The quantitative estimate of drug-likeness (QED) is 0.447. The van der Waals surface area contributed by atoms with Crippen LogP contribution in [0.4, 0.5) is 14.5 Å². The molecule has 0 aliphatic carbocycles. The van der Waals surface area contributed by atoms with Gasteiger partial charge in [-0.2, -0.15) is 0 Å². The van der Waals surface area contributed by atoms with Crippen LogP contribution in [-0.4, -0.2) is 32.3 Å². The van der Waals surface area contributed by atoms with Crippen molar-refractivity contribution < 1.29 is 18.4 Å². The SMILES string of the molecule is CC(C)(C)NC(=O)C(c1ccccc1F)N(C(=O)Cn1nnc2ccccc21)c1ccc(F)cc1. The molecule has 35 heavy (non-hydrogen) atoms. The summed E-state index contributed by atoms with van der Waals surface area (Å²) in [6.07, 6.45) is 0. The number of anilines is 1. The maximum Gasteiger partial charge on any atom is 0.249 e. The first kappa shape index (κ1) is 24.0. The monoisotopic (exact) mass is 477 g/mol. The highest BCUT2D eigenvalue weighted by atomic mass is 19.1. The van der Waals surface area contributed by atoms with Crippen LogP contribution in [-0.2, 0) is 16.1 Å². The molecule has 2 amide bonds. The second-order valence-corrected chi connectivity index (χ2v) is 9.14. The number of fused-ring (bicyclic) bond motifs is 1. The molecule has 0 saturated heterocycles. The van der Waals surface area contributed by atoms with Gasteiger partial charge in [0.2, 0.25) is 11.8 Å². The smallest absolute Gasteiger partial charge is 0.249 e. The van der Waals surface area contributed by atoms with Gasteiger partial charge in [0.25, 0.3) is 0 Å². The molecule has 0 spiro atoms. The highest BCUT2D eigenvalue weighted by Gasteiger charge is 2.36. The predicted molar refractivity (Wildman–Crippen MR) is 128 cm³/mol. The first-order valence-corrected chi connectivity index (χ1v) is 11.1. The van der Waals surface area contributed by atoms with Crippen LogP contribution < -0.4 is 10.2 Å². The molecule has 0 aliphatic rings. The number of nitrogens with one attached hydrogen (secondary N) is 1. The molecule has 1 unspecified atom stereocenters. The van der Waals surface area contributed by atoms with Crippen LogP contribution in [0.3, 0.4) is 0 Å². The maximum atomic E-state index is 15.0. The summed E-state index contributed by atoms with van der Waals surface area (Å²) in [7, 11) is 0. The average molecular weight is 478 g/mol. The highest BCUT2D eigenvalue weighted by molar-refractivity contribution is 6.01. The Bertz CT molecular complexity index is 1360. The number of rotatable bonds is 6. The maximum absolute atomic E-state index is 15.0. The van der Waals surface area contributed by atoms with E-state index in [9.17, 15) is 14.0 Å². The summed E-state index contributed by atoms with van der Waals surface area (Å²) < 4.78 is 30.2. The van der Waals surface area contributed by atoms with Crippen LogP contribution in [0.25, 0.3) is 11.0 Å². The molecule has 4 rings (SSSR count). The van der Waals surface area contributed by atoms with Crippen molar-refractivity contribution in [3.63, 3.8) is 0 Å². The second kappa shape index (κ2) is 9.61. The lowest BCUT2D eigenvalue weighted by molar-refractivity contribution is -0.128. The van der Waals surface area contributed by atoms with E-state index < -0.39 is 35.0 Å². The van der Waals surface area contributed by atoms with Crippen LogP contribution in [0, 0.1) is 11.6 Å². The summed E-state index contributed by atoms with van der Waals surface area (Å²) >= 11 is 0. The van der Waals surface area contributed by atoms with E-state index in [1.54, 1.807) is 51.1 Å². The lowest BCUT2D eigenvalue weighted by Crippen LogP contribution is -2.50. The number of amides is 2. The predicted octanol–water partition coefficient (Wildman–Crippen LogP) is 4.40. The Hall–Kier alpha value is -4.14. The summed E-state index contributed by atoms with van der Waals surface area (Å²) in [5.41, 5.74) is 0.819. The fraction of sp³-hybridized carbons (Fsp3) is 0.231. The number of nitrogens with zero attached hydrogens (tertiary/aromatic N) is 4. The number of para-hydroxylation sites is 1. The van der Waals surface area contributed by atoms with Gasteiger partial charge in [-0.15, -0.1) is 5.10 Å². The molecule has 0 fully saturated rings. The van der Waals surface area contributed by atoms with Crippen LogP contribution in [0.2, 0.25) is 0 Å². The van der Waals surface area contributed by atoms with E-state index in [0.29, 0.717) is 11.0 Å². The second-order valence-electron chi connectivity index (χ2n) is 9.14. The summed E-state index contributed by atoms with van der Waals surface area (Å²) in [5, 5.41) is 11.0. The van der Waals surface area contributed by atoms with Crippen molar-refractivity contribution in [2.75, 3.05) is 4.90 Å². The van der Waals surface area contributed by atoms with E-state index in [1.807, 2.05) is 0 Å². The lowest BCUT2D eigenvalue weighted by atomic mass is 10.00. The van der Waals surface area contributed by atoms with Crippen molar-refractivity contribution in [3.8, 4) is 0 Å². The molecule has 1 N–H and O–H groups in total. The molecular weight excluding hydrogens is 452 g/mol. The van der Waals surface area contributed by atoms with E-state index in [2.05, 4.69) is 15.6 Å². The van der Waals surface area contributed by atoms with Gasteiger partial charge in [0.1, 0.15) is 29.7 Å². The van der Waals surface area contributed by atoms with E-state index in [1.165, 1.54) is 52.0 Å². The molecule has 0 radical (unpaired) electrons. The van der Waals surface area contributed by atoms with Crippen molar-refractivity contribution in [2.24, 2.45) is 0 Å². The summed E-state index contributed by atoms with van der Waals surface area (Å²) in [4.78, 5) is 28.5. The van der Waals surface area contributed by atoms with Gasteiger partial charge in [-0.3, -0.25) is 14.5 Å². The number of carbonyl (C=O) groups excluding carboxylic acids is 2. The molecule has 4 aromatic rings. The molecule has 1 atom stereocenters. The number of benzene rings is 3. The van der Waals surface area contributed by atoms with Crippen LogP contribution in [0.5, 0.6) is 0 Å². The Morgan fingerprint density at radius 2 is 1.63 bits per heavy atom. The zero-order chi connectivity index (χ0) is 25.2. The lowest BCUT2D eigenvalue weighted by Gasteiger charge is -2.34. The molecule has 1 aromatic heterocycles.